The minimum Gasteiger partial charge on any atom is -0.494 e. The van der Waals surface area contributed by atoms with E-state index in [0.29, 0.717) is 22.9 Å². The van der Waals surface area contributed by atoms with E-state index in [9.17, 15) is 13.2 Å². The SMILES string of the molecule is CCOc1ccc(Cl)cc1C(C)NC(=O)NS(=O)(=O)c1ccc(C)cc1. The first-order valence-electron chi connectivity index (χ1n) is 8.05. The first kappa shape index (κ1) is 20.1. The van der Waals surface area contributed by atoms with Crippen molar-refractivity contribution >= 4 is 27.7 Å². The number of ether oxygens (including phenoxy) is 1. The molecule has 0 fully saturated rings. The van der Waals surface area contributed by atoms with Gasteiger partial charge < -0.3 is 10.1 Å². The lowest BCUT2D eigenvalue weighted by atomic mass is 10.1. The molecular formula is C18H21ClN2O4S. The Morgan fingerprint density at radius 2 is 1.85 bits per heavy atom. The van der Waals surface area contributed by atoms with E-state index in [1.165, 1.54) is 12.1 Å². The molecule has 0 spiro atoms. The summed E-state index contributed by atoms with van der Waals surface area (Å²) in [4.78, 5) is 12.2. The zero-order chi connectivity index (χ0) is 19.3. The number of amides is 2. The molecule has 8 heteroatoms. The van der Waals surface area contributed by atoms with E-state index < -0.39 is 22.1 Å². The van der Waals surface area contributed by atoms with Crippen molar-refractivity contribution < 1.29 is 17.9 Å². The summed E-state index contributed by atoms with van der Waals surface area (Å²) >= 11 is 6.02. The van der Waals surface area contributed by atoms with Gasteiger partial charge in [0.15, 0.2) is 0 Å². The van der Waals surface area contributed by atoms with Crippen molar-refractivity contribution in [2.75, 3.05) is 6.61 Å². The van der Waals surface area contributed by atoms with Crippen LogP contribution in [0.5, 0.6) is 5.75 Å². The molecule has 0 radical (unpaired) electrons. The van der Waals surface area contributed by atoms with Crippen LogP contribution in [0.1, 0.15) is 31.0 Å². The number of rotatable bonds is 6. The van der Waals surface area contributed by atoms with Gasteiger partial charge in [0.1, 0.15) is 5.75 Å². The number of halogens is 1. The van der Waals surface area contributed by atoms with Crippen molar-refractivity contribution in [2.45, 2.75) is 31.7 Å². The number of aryl methyl sites for hydroxylation is 1. The average Bonchev–Trinajstić information content (AvgIpc) is 2.56. The second-order valence-electron chi connectivity index (χ2n) is 5.73. The molecule has 0 heterocycles. The Kier molecular flexibility index (Phi) is 6.50. The molecule has 0 aromatic heterocycles. The van der Waals surface area contributed by atoms with Crippen LogP contribution in [0.15, 0.2) is 47.4 Å². The van der Waals surface area contributed by atoms with E-state index in [2.05, 4.69) is 5.32 Å². The Morgan fingerprint density at radius 3 is 2.46 bits per heavy atom. The molecular weight excluding hydrogens is 376 g/mol. The van der Waals surface area contributed by atoms with Gasteiger partial charge >= 0.3 is 6.03 Å². The third-order valence-electron chi connectivity index (χ3n) is 3.64. The Hall–Kier alpha value is -2.25. The van der Waals surface area contributed by atoms with E-state index >= 15 is 0 Å². The van der Waals surface area contributed by atoms with E-state index in [1.807, 2.05) is 18.6 Å². The third kappa shape index (κ3) is 5.12. The van der Waals surface area contributed by atoms with Crippen molar-refractivity contribution in [3.05, 3.63) is 58.6 Å². The van der Waals surface area contributed by atoms with Crippen LogP contribution in [0, 0.1) is 6.92 Å². The van der Waals surface area contributed by atoms with Crippen molar-refractivity contribution in [1.29, 1.82) is 0 Å². The molecule has 140 valence electrons. The molecule has 2 aromatic rings. The lowest BCUT2D eigenvalue weighted by molar-refractivity contribution is 0.242. The lowest BCUT2D eigenvalue weighted by Gasteiger charge is -2.18. The largest absolute Gasteiger partial charge is 0.494 e. The predicted molar refractivity (Wildman–Crippen MR) is 101 cm³/mol. The molecule has 0 saturated heterocycles. The van der Waals surface area contributed by atoms with Gasteiger partial charge in [0.25, 0.3) is 10.0 Å². The molecule has 0 saturated carbocycles. The zero-order valence-corrected chi connectivity index (χ0v) is 16.3. The maximum atomic E-state index is 12.3. The summed E-state index contributed by atoms with van der Waals surface area (Å²) in [7, 11) is -3.95. The van der Waals surface area contributed by atoms with Gasteiger partial charge in [0, 0.05) is 10.6 Å². The summed E-state index contributed by atoms with van der Waals surface area (Å²) in [5.41, 5.74) is 1.58. The van der Waals surface area contributed by atoms with Gasteiger partial charge in [-0.15, -0.1) is 0 Å². The highest BCUT2D eigenvalue weighted by atomic mass is 35.5. The number of carbonyl (C=O) groups is 1. The molecule has 26 heavy (non-hydrogen) atoms. The van der Waals surface area contributed by atoms with Gasteiger partial charge in [-0.1, -0.05) is 29.3 Å². The molecule has 1 unspecified atom stereocenters. The highest BCUT2D eigenvalue weighted by Crippen LogP contribution is 2.28. The van der Waals surface area contributed by atoms with Crippen molar-refractivity contribution in [1.82, 2.24) is 10.0 Å². The highest BCUT2D eigenvalue weighted by Gasteiger charge is 2.20. The van der Waals surface area contributed by atoms with Gasteiger partial charge in [0.05, 0.1) is 17.5 Å². The molecule has 1 atom stereocenters. The number of sulfonamides is 1. The predicted octanol–water partition coefficient (Wildman–Crippen LogP) is 3.80. The van der Waals surface area contributed by atoms with E-state index in [0.717, 1.165) is 5.56 Å². The first-order chi connectivity index (χ1) is 12.2. The number of hydrogen-bond donors (Lipinski definition) is 2. The Labute approximate surface area is 158 Å². The first-order valence-corrected chi connectivity index (χ1v) is 9.91. The molecule has 2 amide bonds. The summed E-state index contributed by atoms with van der Waals surface area (Å²) in [6.07, 6.45) is 0. The standard InChI is InChI=1S/C18H21ClN2O4S/c1-4-25-17-10-7-14(19)11-16(17)13(3)20-18(22)21-26(23,24)15-8-5-12(2)6-9-15/h5-11,13H,4H2,1-3H3,(H2,20,21,22). The van der Waals surface area contributed by atoms with Gasteiger partial charge in [-0.3, -0.25) is 0 Å². The highest BCUT2D eigenvalue weighted by molar-refractivity contribution is 7.90. The van der Waals surface area contributed by atoms with Crippen LogP contribution in [0.3, 0.4) is 0 Å². The number of nitrogens with one attached hydrogen (secondary N) is 2. The fraction of sp³-hybridized carbons (Fsp3) is 0.278. The van der Waals surface area contributed by atoms with Crippen LogP contribution in [0.2, 0.25) is 5.02 Å². The van der Waals surface area contributed by atoms with Crippen molar-refractivity contribution in [2.24, 2.45) is 0 Å². The molecule has 0 aliphatic rings. The number of benzene rings is 2. The zero-order valence-electron chi connectivity index (χ0n) is 14.7. The molecule has 0 aliphatic carbocycles. The maximum Gasteiger partial charge on any atom is 0.329 e. The van der Waals surface area contributed by atoms with E-state index in [1.54, 1.807) is 37.3 Å². The van der Waals surface area contributed by atoms with Crippen LogP contribution in [0.25, 0.3) is 0 Å². The van der Waals surface area contributed by atoms with Gasteiger partial charge in [0.2, 0.25) is 0 Å². The molecule has 0 bridgehead atoms. The molecule has 0 aliphatic heterocycles. The minimum atomic E-state index is -3.95. The summed E-state index contributed by atoms with van der Waals surface area (Å²) in [5.74, 6) is 0.575. The minimum absolute atomic E-state index is 0.0173. The summed E-state index contributed by atoms with van der Waals surface area (Å²) in [5, 5.41) is 3.08. The quantitative estimate of drug-likeness (QED) is 0.777. The van der Waals surface area contributed by atoms with Crippen LogP contribution in [-0.4, -0.2) is 21.1 Å². The number of urea groups is 1. The summed E-state index contributed by atoms with van der Waals surface area (Å²) < 4.78 is 32.1. The van der Waals surface area contributed by atoms with Gasteiger partial charge in [-0.2, -0.15) is 0 Å². The second-order valence-corrected chi connectivity index (χ2v) is 7.85. The van der Waals surface area contributed by atoms with Gasteiger partial charge in [-0.25, -0.2) is 17.9 Å². The molecule has 2 rings (SSSR count). The fourth-order valence-corrected chi connectivity index (χ4v) is 3.44. The number of carbonyl (C=O) groups excluding carboxylic acids is 1. The van der Waals surface area contributed by atoms with Gasteiger partial charge in [-0.05, 0) is 51.1 Å². The van der Waals surface area contributed by atoms with Crippen LogP contribution < -0.4 is 14.8 Å². The maximum absolute atomic E-state index is 12.3. The smallest absolute Gasteiger partial charge is 0.329 e. The average molecular weight is 397 g/mol. The summed E-state index contributed by atoms with van der Waals surface area (Å²) in [6, 6.07) is 9.93. The fourth-order valence-electron chi connectivity index (χ4n) is 2.35. The monoisotopic (exact) mass is 396 g/mol. The van der Waals surface area contributed by atoms with Crippen LogP contribution >= 0.6 is 11.6 Å². The summed E-state index contributed by atoms with van der Waals surface area (Å²) in [6.45, 7) is 5.86. The third-order valence-corrected chi connectivity index (χ3v) is 5.23. The van der Waals surface area contributed by atoms with E-state index in [4.69, 9.17) is 16.3 Å². The number of hydrogen-bond acceptors (Lipinski definition) is 4. The van der Waals surface area contributed by atoms with E-state index in [-0.39, 0.29) is 4.90 Å². The Bertz CT molecular complexity index is 883. The second kappa shape index (κ2) is 8.42. The van der Waals surface area contributed by atoms with Crippen LogP contribution in [0.4, 0.5) is 4.79 Å². The molecule has 2 aromatic carbocycles. The normalized spacial score (nSPS) is 12.3. The van der Waals surface area contributed by atoms with Crippen LogP contribution in [-0.2, 0) is 10.0 Å². The van der Waals surface area contributed by atoms with Crippen molar-refractivity contribution in [3.8, 4) is 5.75 Å². The molecule has 6 nitrogen and oxygen atoms in total. The Balaban J connectivity index is 2.12. The Morgan fingerprint density at radius 1 is 1.19 bits per heavy atom. The van der Waals surface area contributed by atoms with Crippen molar-refractivity contribution in [3.63, 3.8) is 0 Å². The molecule has 2 N–H and O–H groups in total. The lowest BCUT2D eigenvalue weighted by Crippen LogP contribution is -2.40. The topological polar surface area (TPSA) is 84.5 Å².